The maximum absolute atomic E-state index is 12.4. The number of carboxylic acids is 1. The van der Waals surface area contributed by atoms with Gasteiger partial charge in [0.2, 0.25) is 0 Å². The molecule has 2 aromatic carbocycles. The Balaban J connectivity index is 2.49. The summed E-state index contributed by atoms with van der Waals surface area (Å²) in [7, 11) is -3.83. The van der Waals surface area contributed by atoms with Crippen molar-refractivity contribution in [2.75, 3.05) is 4.72 Å². The Morgan fingerprint density at radius 3 is 2.38 bits per heavy atom. The summed E-state index contributed by atoms with van der Waals surface area (Å²) in [5, 5.41) is 9.17. The average Bonchev–Trinajstić information content (AvgIpc) is 2.40. The molecule has 21 heavy (non-hydrogen) atoms. The smallest absolute Gasteiger partial charge is 0.337 e. The Bertz CT molecular complexity index is 797. The molecule has 2 rings (SSSR count). The normalized spacial score (nSPS) is 11.1. The summed E-state index contributed by atoms with van der Waals surface area (Å²) in [6.45, 7) is 3.44. The van der Waals surface area contributed by atoms with Crippen molar-refractivity contribution in [3.63, 3.8) is 0 Å². The molecule has 0 fully saturated rings. The fourth-order valence-electron chi connectivity index (χ4n) is 1.96. The number of anilines is 1. The van der Waals surface area contributed by atoms with Gasteiger partial charge in [0.1, 0.15) is 0 Å². The summed E-state index contributed by atoms with van der Waals surface area (Å²) in [5.74, 6) is -1.18. The highest BCUT2D eigenvalue weighted by Crippen LogP contribution is 2.24. The summed E-state index contributed by atoms with van der Waals surface area (Å²) < 4.78 is 27.1. The highest BCUT2D eigenvalue weighted by atomic mass is 32.2. The molecule has 0 saturated carbocycles. The van der Waals surface area contributed by atoms with Gasteiger partial charge in [-0.05, 0) is 43.2 Å². The Morgan fingerprint density at radius 2 is 1.76 bits per heavy atom. The number of carbonyl (C=O) groups is 1. The standard InChI is InChI=1S/C15H15NO4S/c1-10-5-3-7-12(9-10)21(19,20)16-14-11(2)6-4-8-13(14)15(17)18/h3-9,16H,1-2H3,(H,17,18). The molecule has 0 aliphatic rings. The van der Waals surface area contributed by atoms with Crippen molar-refractivity contribution in [3.8, 4) is 0 Å². The van der Waals surface area contributed by atoms with E-state index in [-0.39, 0.29) is 16.1 Å². The molecule has 0 heterocycles. The molecule has 110 valence electrons. The average molecular weight is 305 g/mol. The first-order chi connectivity index (χ1) is 9.81. The van der Waals surface area contributed by atoms with Gasteiger partial charge in [0.15, 0.2) is 0 Å². The van der Waals surface area contributed by atoms with Crippen LogP contribution in [0.5, 0.6) is 0 Å². The van der Waals surface area contributed by atoms with E-state index in [4.69, 9.17) is 5.11 Å². The van der Waals surface area contributed by atoms with Crippen LogP contribution in [0.3, 0.4) is 0 Å². The summed E-state index contributed by atoms with van der Waals surface area (Å²) in [4.78, 5) is 11.3. The third kappa shape index (κ3) is 3.22. The lowest BCUT2D eigenvalue weighted by molar-refractivity contribution is 0.0698. The van der Waals surface area contributed by atoms with Gasteiger partial charge in [-0.25, -0.2) is 13.2 Å². The zero-order chi connectivity index (χ0) is 15.6. The quantitative estimate of drug-likeness (QED) is 0.909. The summed E-state index contributed by atoms with van der Waals surface area (Å²) in [6.07, 6.45) is 0. The Labute approximate surface area is 123 Å². The van der Waals surface area contributed by atoms with Crippen LogP contribution in [-0.2, 0) is 10.0 Å². The molecule has 0 bridgehead atoms. The van der Waals surface area contributed by atoms with Gasteiger partial charge in [0, 0.05) is 0 Å². The van der Waals surface area contributed by atoms with E-state index in [1.54, 1.807) is 38.1 Å². The zero-order valence-corrected chi connectivity index (χ0v) is 12.4. The van der Waals surface area contributed by atoms with Gasteiger partial charge in [-0.3, -0.25) is 4.72 Å². The van der Waals surface area contributed by atoms with Crippen LogP contribution in [0.1, 0.15) is 21.5 Å². The third-order valence-electron chi connectivity index (χ3n) is 3.04. The van der Waals surface area contributed by atoms with Gasteiger partial charge in [-0.1, -0.05) is 24.3 Å². The second kappa shape index (κ2) is 5.57. The summed E-state index contributed by atoms with van der Waals surface area (Å²) >= 11 is 0. The van der Waals surface area contributed by atoms with Crippen LogP contribution in [0.25, 0.3) is 0 Å². The van der Waals surface area contributed by atoms with Crippen molar-refractivity contribution < 1.29 is 18.3 Å². The lowest BCUT2D eigenvalue weighted by Gasteiger charge is -2.13. The van der Waals surface area contributed by atoms with Gasteiger partial charge < -0.3 is 5.11 Å². The van der Waals surface area contributed by atoms with Crippen LogP contribution in [-0.4, -0.2) is 19.5 Å². The molecular formula is C15H15NO4S. The van der Waals surface area contributed by atoms with Crippen molar-refractivity contribution in [2.24, 2.45) is 0 Å². The third-order valence-corrected chi connectivity index (χ3v) is 4.39. The molecule has 2 N–H and O–H groups in total. The number of carboxylic acid groups (broad SMARTS) is 1. The number of para-hydroxylation sites is 1. The molecule has 5 nitrogen and oxygen atoms in total. The molecule has 0 amide bonds. The lowest BCUT2D eigenvalue weighted by atomic mass is 10.1. The maximum atomic E-state index is 12.4. The van der Waals surface area contributed by atoms with Gasteiger partial charge in [-0.15, -0.1) is 0 Å². The van der Waals surface area contributed by atoms with Crippen LogP contribution in [0.15, 0.2) is 47.4 Å². The first-order valence-electron chi connectivity index (χ1n) is 6.23. The molecule has 6 heteroatoms. The first kappa shape index (κ1) is 15.1. The molecule has 0 aromatic heterocycles. The number of sulfonamides is 1. The zero-order valence-electron chi connectivity index (χ0n) is 11.6. The van der Waals surface area contributed by atoms with Gasteiger partial charge in [-0.2, -0.15) is 0 Å². The van der Waals surface area contributed by atoms with Crippen LogP contribution < -0.4 is 4.72 Å². The van der Waals surface area contributed by atoms with Gasteiger partial charge in [0.25, 0.3) is 10.0 Å². The lowest BCUT2D eigenvalue weighted by Crippen LogP contribution is -2.16. The highest BCUT2D eigenvalue weighted by molar-refractivity contribution is 7.92. The summed E-state index contributed by atoms with van der Waals surface area (Å²) in [5.41, 5.74) is 1.37. The Kier molecular flexibility index (Phi) is 3.99. The minimum absolute atomic E-state index is 0.0776. The monoisotopic (exact) mass is 305 g/mol. The van der Waals surface area contributed by atoms with Gasteiger partial charge >= 0.3 is 5.97 Å². The van der Waals surface area contributed by atoms with Gasteiger partial charge in [0.05, 0.1) is 16.1 Å². The molecule has 0 saturated heterocycles. The fourth-order valence-corrected chi connectivity index (χ4v) is 3.21. The van der Waals surface area contributed by atoms with E-state index in [1.807, 2.05) is 0 Å². The molecule has 0 spiro atoms. The van der Waals surface area contributed by atoms with E-state index in [2.05, 4.69) is 4.72 Å². The van der Waals surface area contributed by atoms with Crippen molar-refractivity contribution in [2.45, 2.75) is 18.7 Å². The van der Waals surface area contributed by atoms with E-state index >= 15 is 0 Å². The Morgan fingerprint density at radius 1 is 1.10 bits per heavy atom. The number of aromatic carboxylic acids is 1. The van der Waals surface area contributed by atoms with E-state index in [9.17, 15) is 13.2 Å². The second-order valence-corrected chi connectivity index (χ2v) is 6.41. The van der Waals surface area contributed by atoms with Crippen LogP contribution in [0.2, 0.25) is 0 Å². The molecule has 0 unspecified atom stereocenters. The highest BCUT2D eigenvalue weighted by Gasteiger charge is 2.19. The maximum Gasteiger partial charge on any atom is 0.337 e. The number of hydrogen-bond acceptors (Lipinski definition) is 3. The van der Waals surface area contributed by atoms with Crippen LogP contribution in [0.4, 0.5) is 5.69 Å². The molecule has 0 aliphatic carbocycles. The largest absolute Gasteiger partial charge is 0.478 e. The number of hydrogen-bond donors (Lipinski definition) is 2. The molecular weight excluding hydrogens is 290 g/mol. The fraction of sp³-hybridized carbons (Fsp3) is 0.133. The second-order valence-electron chi connectivity index (χ2n) is 4.72. The number of rotatable bonds is 4. The van der Waals surface area contributed by atoms with E-state index < -0.39 is 16.0 Å². The van der Waals surface area contributed by atoms with Crippen LogP contribution in [0, 0.1) is 13.8 Å². The number of nitrogens with one attached hydrogen (secondary N) is 1. The first-order valence-corrected chi connectivity index (χ1v) is 7.72. The van der Waals surface area contributed by atoms with E-state index in [0.29, 0.717) is 5.56 Å². The molecule has 0 radical (unpaired) electrons. The van der Waals surface area contributed by atoms with E-state index in [1.165, 1.54) is 18.2 Å². The summed E-state index contributed by atoms with van der Waals surface area (Å²) in [6, 6.07) is 11.0. The minimum Gasteiger partial charge on any atom is -0.478 e. The predicted octanol–water partition coefficient (Wildman–Crippen LogP) is 2.80. The van der Waals surface area contributed by atoms with Crippen LogP contribution >= 0.6 is 0 Å². The molecule has 0 aliphatic heterocycles. The van der Waals surface area contributed by atoms with Crippen molar-refractivity contribution in [3.05, 3.63) is 59.2 Å². The molecule has 0 atom stereocenters. The minimum atomic E-state index is -3.83. The van der Waals surface area contributed by atoms with Crippen molar-refractivity contribution >= 4 is 21.7 Å². The van der Waals surface area contributed by atoms with E-state index in [0.717, 1.165) is 5.56 Å². The Hall–Kier alpha value is -2.34. The predicted molar refractivity (Wildman–Crippen MR) is 80.1 cm³/mol. The SMILES string of the molecule is Cc1cccc(S(=O)(=O)Nc2c(C)cccc2C(=O)O)c1. The van der Waals surface area contributed by atoms with Crippen molar-refractivity contribution in [1.82, 2.24) is 0 Å². The molecule has 2 aromatic rings. The number of benzene rings is 2. The van der Waals surface area contributed by atoms with Crippen molar-refractivity contribution in [1.29, 1.82) is 0 Å². The topological polar surface area (TPSA) is 83.5 Å². The number of aryl methyl sites for hydroxylation is 2.